The number of carbonyl (C=O) groups is 1. The van der Waals surface area contributed by atoms with Crippen molar-refractivity contribution in [3.05, 3.63) is 34.9 Å². The van der Waals surface area contributed by atoms with Gasteiger partial charge in [-0.1, -0.05) is 30.5 Å². The summed E-state index contributed by atoms with van der Waals surface area (Å²) < 4.78 is 0. The average molecular weight is 294 g/mol. The van der Waals surface area contributed by atoms with Crippen molar-refractivity contribution in [2.45, 2.75) is 38.6 Å². The highest BCUT2D eigenvalue weighted by molar-refractivity contribution is 6.32. The van der Waals surface area contributed by atoms with Crippen LogP contribution in [0.2, 0.25) is 5.02 Å². The molecular weight excluding hydrogens is 274 g/mol. The Bertz CT molecular complexity index is 513. The molecule has 0 radical (unpaired) electrons. The summed E-state index contributed by atoms with van der Waals surface area (Å²) in [5.74, 6) is -0.966. The van der Waals surface area contributed by atoms with E-state index >= 15 is 0 Å². The Morgan fingerprint density at radius 1 is 1.40 bits per heavy atom. The molecule has 0 saturated carbocycles. The molecule has 1 heterocycles. The van der Waals surface area contributed by atoms with Crippen LogP contribution in [-0.4, -0.2) is 23.7 Å². The lowest BCUT2D eigenvalue weighted by atomic mass is 10.1. The molecule has 1 unspecified atom stereocenters. The molecule has 20 heavy (non-hydrogen) atoms. The number of carboxylic acid groups (broad SMARTS) is 1. The minimum Gasteiger partial charge on any atom is -0.478 e. The van der Waals surface area contributed by atoms with Crippen LogP contribution in [0.15, 0.2) is 24.3 Å². The highest BCUT2D eigenvalue weighted by Gasteiger charge is 2.17. The van der Waals surface area contributed by atoms with Crippen molar-refractivity contribution in [2.24, 2.45) is 0 Å². The first-order chi connectivity index (χ1) is 9.58. The Morgan fingerprint density at radius 3 is 2.90 bits per heavy atom. The third-order valence-electron chi connectivity index (χ3n) is 3.77. The van der Waals surface area contributed by atoms with Gasteiger partial charge in [-0.2, -0.15) is 0 Å². The number of anilines is 1. The summed E-state index contributed by atoms with van der Waals surface area (Å²) in [6.07, 6.45) is 7.62. The Morgan fingerprint density at radius 2 is 2.20 bits per heavy atom. The van der Waals surface area contributed by atoms with Gasteiger partial charge in [0.2, 0.25) is 0 Å². The lowest BCUT2D eigenvalue weighted by Gasteiger charge is -2.29. The minimum atomic E-state index is -0.966. The monoisotopic (exact) mass is 293 g/mol. The van der Waals surface area contributed by atoms with Crippen molar-refractivity contribution in [1.29, 1.82) is 0 Å². The van der Waals surface area contributed by atoms with E-state index in [0.717, 1.165) is 23.9 Å². The van der Waals surface area contributed by atoms with Crippen molar-refractivity contribution in [3.63, 3.8) is 0 Å². The Kier molecular flexibility index (Phi) is 5.07. The summed E-state index contributed by atoms with van der Waals surface area (Å²) in [5, 5.41) is 9.25. The highest BCUT2D eigenvalue weighted by Crippen LogP contribution is 2.28. The summed E-state index contributed by atoms with van der Waals surface area (Å²) in [6.45, 7) is 3.30. The quantitative estimate of drug-likeness (QED) is 0.849. The van der Waals surface area contributed by atoms with E-state index in [9.17, 15) is 4.79 Å². The molecule has 1 aliphatic heterocycles. The smallest absolute Gasteiger partial charge is 0.328 e. The van der Waals surface area contributed by atoms with Crippen LogP contribution in [0.4, 0.5) is 5.69 Å². The standard InChI is InChI=1S/C16H20ClNO2/c1-12-5-3-2-4-10-18(12)14-8-6-13(15(17)11-14)7-9-16(19)20/h6-9,11-12H,2-5,10H2,1H3,(H,19,20)/b9-7+. The molecular formula is C16H20ClNO2. The van der Waals surface area contributed by atoms with E-state index < -0.39 is 5.97 Å². The van der Waals surface area contributed by atoms with Crippen molar-refractivity contribution in [3.8, 4) is 0 Å². The number of hydrogen-bond donors (Lipinski definition) is 1. The first kappa shape index (κ1) is 14.9. The van der Waals surface area contributed by atoms with Crippen LogP contribution in [0.1, 0.15) is 38.2 Å². The largest absolute Gasteiger partial charge is 0.478 e. The third-order valence-corrected chi connectivity index (χ3v) is 4.10. The van der Waals surface area contributed by atoms with E-state index in [1.165, 1.54) is 31.8 Å². The summed E-state index contributed by atoms with van der Waals surface area (Å²) in [5.41, 5.74) is 1.86. The van der Waals surface area contributed by atoms with Gasteiger partial charge in [-0.05, 0) is 43.5 Å². The van der Waals surface area contributed by atoms with Crippen molar-refractivity contribution in [2.75, 3.05) is 11.4 Å². The second kappa shape index (κ2) is 6.80. The summed E-state index contributed by atoms with van der Waals surface area (Å²) >= 11 is 6.25. The Labute approximate surface area is 124 Å². The van der Waals surface area contributed by atoms with E-state index in [2.05, 4.69) is 11.8 Å². The van der Waals surface area contributed by atoms with Crippen LogP contribution in [0.5, 0.6) is 0 Å². The second-order valence-corrected chi connectivity index (χ2v) is 5.68. The molecule has 0 aromatic heterocycles. The first-order valence-corrected chi connectivity index (χ1v) is 7.43. The fraction of sp³-hybridized carbons (Fsp3) is 0.438. The molecule has 1 aromatic rings. The molecule has 0 spiro atoms. The lowest BCUT2D eigenvalue weighted by Crippen LogP contribution is -2.32. The zero-order valence-corrected chi connectivity index (χ0v) is 12.4. The van der Waals surface area contributed by atoms with Crippen molar-refractivity contribution in [1.82, 2.24) is 0 Å². The van der Waals surface area contributed by atoms with Crippen LogP contribution >= 0.6 is 11.6 Å². The van der Waals surface area contributed by atoms with E-state index in [0.29, 0.717) is 11.1 Å². The molecule has 4 heteroatoms. The SMILES string of the molecule is CC1CCCCCN1c1ccc(/C=C/C(=O)O)c(Cl)c1. The van der Waals surface area contributed by atoms with E-state index in [1.54, 1.807) is 0 Å². The molecule has 1 saturated heterocycles. The lowest BCUT2D eigenvalue weighted by molar-refractivity contribution is -0.131. The van der Waals surface area contributed by atoms with Crippen molar-refractivity contribution >= 4 is 29.3 Å². The molecule has 0 amide bonds. The molecule has 0 bridgehead atoms. The zero-order chi connectivity index (χ0) is 14.5. The number of aliphatic carboxylic acids is 1. The average Bonchev–Trinajstić information content (AvgIpc) is 2.62. The van der Waals surface area contributed by atoms with Gasteiger partial charge in [0.05, 0.1) is 0 Å². The van der Waals surface area contributed by atoms with Crippen LogP contribution in [-0.2, 0) is 4.79 Å². The highest BCUT2D eigenvalue weighted by atomic mass is 35.5. The van der Waals surface area contributed by atoms with Gasteiger partial charge in [0, 0.05) is 29.4 Å². The maximum Gasteiger partial charge on any atom is 0.328 e. The predicted octanol–water partition coefficient (Wildman–Crippen LogP) is 4.21. The van der Waals surface area contributed by atoms with Crippen LogP contribution in [0.25, 0.3) is 6.08 Å². The number of carboxylic acids is 1. The van der Waals surface area contributed by atoms with Gasteiger partial charge in [-0.3, -0.25) is 0 Å². The van der Waals surface area contributed by atoms with Gasteiger partial charge in [0.15, 0.2) is 0 Å². The van der Waals surface area contributed by atoms with Crippen LogP contribution in [0.3, 0.4) is 0 Å². The molecule has 108 valence electrons. The van der Waals surface area contributed by atoms with Gasteiger partial charge in [-0.15, -0.1) is 0 Å². The van der Waals surface area contributed by atoms with Crippen LogP contribution < -0.4 is 4.90 Å². The van der Waals surface area contributed by atoms with Gasteiger partial charge in [0.25, 0.3) is 0 Å². The van der Waals surface area contributed by atoms with Gasteiger partial charge in [0.1, 0.15) is 0 Å². The molecule has 1 aliphatic rings. The summed E-state index contributed by atoms with van der Waals surface area (Å²) in [4.78, 5) is 12.9. The number of benzene rings is 1. The number of nitrogens with zero attached hydrogens (tertiary/aromatic N) is 1. The molecule has 1 N–H and O–H groups in total. The predicted molar refractivity (Wildman–Crippen MR) is 83.4 cm³/mol. The molecule has 2 rings (SSSR count). The Hall–Kier alpha value is -1.48. The third kappa shape index (κ3) is 3.76. The van der Waals surface area contributed by atoms with Gasteiger partial charge < -0.3 is 10.0 Å². The van der Waals surface area contributed by atoms with Gasteiger partial charge >= 0.3 is 5.97 Å². The normalized spacial score (nSPS) is 20.1. The van der Waals surface area contributed by atoms with Gasteiger partial charge in [-0.25, -0.2) is 4.79 Å². The zero-order valence-electron chi connectivity index (χ0n) is 11.7. The number of rotatable bonds is 3. The number of hydrogen-bond acceptors (Lipinski definition) is 2. The Balaban J connectivity index is 2.21. The van der Waals surface area contributed by atoms with Crippen molar-refractivity contribution < 1.29 is 9.90 Å². The first-order valence-electron chi connectivity index (χ1n) is 7.05. The van der Waals surface area contributed by atoms with E-state index in [1.807, 2.05) is 18.2 Å². The molecule has 1 atom stereocenters. The maximum atomic E-state index is 10.5. The topological polar surface area (TPSA) is 40.5 Å². The fourth-order valence-electron chi connectivity index (χ4n) is 2.65. The molecule has 0 aliphatic carbocycles. The summed E-state index contributed by atoms with van der Waals surface area (Å²) in [7, 11) is 0. The summed E-state index contributed by atoms with van der Waals surface area (Å²) in [6, 6.07) is 6.36. The minimum absolute atomic E-state index is 0.522. The fourth-order valence-corrected chi connectivity index (χ4v) is 2.89. The molecule has 1 fully saturated rings. The second-order valence-electron chi connectivity index (χ2n) is 5.27. The number of halogens is 1. The van der Waals surface area contributed by atoms with E-state index in [-0.39, 0.29) is 0 Å². The molecule has 1 aromatic carbocycles. The maximum absolute atomic E-state index is 10.5. The van der Waals surface area contributed by atoms with Crippen LogP contribution in [0, 0.1) is 0 Å². The van der Waals surface area contributed by atoms with E-state index in [4.69, 9.17) is 16.7 Å². The molecule has 3 nitrogen and oxygen atoms in total.